The molecule has 0 saturated carbocycles. The van der Waals surface area contributed by atoms with Crippen molar-refractivity contribution in [2.75, 3.05) is 67.8 Å². The summed E-state index contributed by atoms with van der Waals surface area (Å²) in [6.45, 7) is 3.16. The molecule has 1 amide bonds. The van der Waals surface area contributed by atoms with Gasteiger partial charge in [0, 0.05) is 31.0 Å². The minimum atomic E-state index is -0.643. The Morgan fingerprint density at radius 2 is 2.00 bits per heavy atom. The number of benzene rings is 1. The minimum absolute atomic E-state index is 0.0557. The number of anilines is 6. The highest BCUT2D eigenvalue weighted by Gasteiger charge is 2.21. The molecule has 1 aromatic carbocycles. The van der Waals surface area contributed by atoms with Crippen LogP contribution in [0.15, 0.2) is 42.6 Å². The van der Waals surface area contributed by atoms with Crippen LogP contribution in [0.1, 0.15) is 0 Å². The predicted molar refractivity (Wildman–Crippen MR) is 134 cm³/mol. The van der Waals surface area contributed by atoms with E-state index in [1.807, 2.05) is 38.4 Å². The molecule has 12 heteroatoms. The van der Waals surface area contributed by atoms with Gasteiger partial charge < -0.3 is 35.2 Å². The zero-order valence-electron chi connectivity index (χ0n) is 20.0. The molecule has 0 radical (unpaired) electrons. The summed E-state index contributed by atoms with van der Waals surface area (Å²) in [7, 11) is 4.08. The molecule has 0 unspecified atom stereocenters. The third-order valence-electron chi connectivity index (χ3n) is 5.66. The molecular formula is C24H27FN8O3. The average molecular weight is 495 g/mol. The van der Waals surface area contributed by atoms with Crippen LogP contribution in [-0.2, 0) is 9.53 Å². The molecule has 0 bridgehead atoms. The number of fused-ring (bicyclic) bond motifs is 1. The van der Waals surface area contributed by atoms with Gasteiger partial charge in [0.05, 0.1) is 18.9 Å². The van der Waals surface area contributed by atoms with Gasteiger partial charge in [-0.05, 0) is 50.5 Å². The number of halogens is 1. The van der Waals surface area contributed by atoms with E-state index in [2.05, 4.69) is 40.7 Å². The molecule has 0 aliphatic carbocycles. The molecule has 4 heterocycles. The summed E-state index contributed by atoms with van der Waals surface area (Å²) in [5.41, 5.74) is 1.87. The van der Waals surface area contributed by atoms with Gasteiger partial charge in [0.25, 0.3) is 5.91 Å². The highest BCUT2D eigenvalue weighted by atomic mass is 19.1. The van der Waals surface area contributed by atoms with Crippen molar-refractivity contribution in [3.05, 3.63) is 48.4 Å². The fraction of sp³-hybridized carbons (Fsp3) is 0.333. The third-order valence-corrected chi connectivity index (χ3v) is 5.66. The number of amides is 1. The van der Waals surface area contributed by atoms with Crippen molar-refractivity contribution in [1.29, 1.82) is 0 Å². The molecule has 3 aromatic rings. The molecule has 3 N–H and O–H groups in total. The number of carbonyl (C=O) groups excluding carboxylic acids is 1. The monoisotopic (exact) mass is 494 g/mol. The summed E-state index contributed by atoms with van der Waals surface area (Å²) < 4.78 is 25.6. The van der Waals surface area contributed by atoms with Crippen LogP contribution in [-0.4, -0.2) is 78.8 Å². The van der Waals surface area contributed by atoms with Gasteiger partial charge in [-0.2, -0.15) is 4.98 Å². The predicted octanol–water partition coefficient (Wildman–Crippen LogP) is 2.60. The number of carbonyl (C=O) groups is 1. The number of pyridine rings is 1. The minimum Gasteiger partial charge on any atom is -0.480 e. The molecule has 0 spiro atoms. The van der Waals surface area contributed by atoms with E-state index in [4.69, 9.17) is 9.47 Å². The largest absolute Gasteiger partial charge is 0.480 e. The second-order valence-corrected chi connectivity index (χ2v) is 8.77. The van der Waals surface area contributed by atoms with Crippen molar-refractivity contribution in [3.8, 4) is 5.75 Å². The highest BCUT2D eigenvalue weighted by Crippen LogP contribution is 2.29. The van der Waals surface area contributed by atoms with Gasteiger partial charge in [-0.3, -0.25) is 4.79 Å². The van der Waals surface area contributed by atoms with Gasteiger partial charge >= 0.3 is 0 Å². The SMILES string of the molecule is CN(C)C[C@@H]1CN(c2ccc(Nc3ncc(F)c(Nc4ccc5c(n4)NC(=O)CO5)n3)cc2)CCO1. The van der Waals surface area contributed by atoms with E-state index in [9.17, 15) is 9.18 Å². The second-order valence-electron chi connectivity index (χ2n) is 8.77. The Morgan fingerprint density at radius 1 is 1.17 bits per heavy atom. The molecule has 5 rings (SSSR count). The lowest BCUT2D eigenvalue weighted by molar-refractivity contribution is -0.118. The Bertz CT molecular complexity index is 1240. The Morgan fingerprint density at radius 3 is 2.81 bits per heavy atom. The lowest BCUT2D eigenvalue weighted by Gasteiger charge is -2.35. The first-order chi connectivity index (χ1) is 17.4. The maximum absolute atomic E-state index is 14.4. The molecule has 1 atom stereocenters. The Kier molecular flexibility index (Phi) is 6.78. The maximum Gasteiger partial charge on any atom is 0.263 e. The van der Waals surface area contributed by atoms with E-state index in [0.29, 0.717) is 18.2 Å². The standard InChI is InChI=1S/C24H27FN8O3/c1-32(2)12-17-13-33(9-10-35-17)16-5-3-15(4-6-16)27-24-26-11-18(25)22(31-24)28-20-8-7-19-23(29-20)30-21(34)14-36-19/h3-8,11,17H,9-10,12-14H2,1-2H3,(H3,26,27,28,29,30,31,34)/t17-/m1/s1. The van der Waals surface area contributed by atoms with Crippen molar-refractivity contribution in [3.63, 3.8) is 0 Å². The quantitative estimate of drug-likeness (QED) is 0.453. The highest BCUT2D eigenvalue weighted by molar-refractivity contribution is 5.94. The van der Waals surface area contributed by atoms with Crippen molar-refractivity contribution < 1.29 is 18.7 Å². The smallest absolute Gasteiger partial charge is 0.263 e. The maximum atomic E-state index is 14.4. The summed E-state index contributed by atoms with van der Waals surface area (Å²) in [5.74, 6) is 0.219. The lowest BCUT2D eigenvalue weighted by Crippen LogP contribution is -2.46. The zero-order chi connectivity index (χ0) is 25.1. The summed E-state index contributed by atoms with van der Waals surface area (Å²) in [6.07, 6.45) is 1.24. The Hall–Kier alpha value is -4.03. The van der Waals surface area contributed by atoms with E-state index in [-0.39, 0.29) is 36.2 Å². The summed E-state index contributed by atoms with van der Waals surface area (Å²) in [4.78, 5) is 28.5. The van der Waals surface area contributed by atoms with Crippen LogP contribution in [0.5, 0.6) is 5.75 Å². The summed E-state index contributed by atoms with van der Waals surface area (Å²) >= 11 is 0. The van der Waals surface area contributed by atoms with Gasteiger partial charge in [0.2, 0.25) is 5.95 Å². The Balaban J connectivity index is 1.25. The molecule has 2 aliphatic rings. The van der Waals surface area contributed by atoms with Gasteiger partial charge in [-0.1, -0.05) is 0 Å². The molecule has 36 heavy (non-hydrogen) atoms. The number of aromatic nitrogens is 3. The van der Waals surface area contributed by atoms with E-state index in [1.54, 1.807) is 12.1 Å². The van der Waals surface area contributed by atoms with E-state index in [0.717, 1.165) is 37.2 Å². The number of rotatable bonds is 7. The van der Waals surface area contributed by atoms with Gasteiger partial charge in [0.1, 0.15) is 5.82 Å². The topological polar surface area (TPSA) is 117 Å². The summed E-state index contributed by atoms with van der Waals surface area (Å²) in [5, 5.41) is 8.55. The summed E-state index contributed by atoms with van der Waals surface area (Å²) in [6, 6.07) is 11.2. The van der Waals surface area contributed by atoms with Crippen LogP contribution in [0.4, 0.5) is 39.2 Å². The van der Waals surface area contributed by atoms with Crippen molar-refractivity contribution in [2.45, 2.75) is 6.10 Å². The van der Waals surface area contributed by atoms with Crippen LogP contribution in [0, 0.1) is 5.82 Å². The molecule has 1 saturated heterocycles. The number of morpholine rings is 1. The molecule has 188 valence electrons. The fourth-order valence-electron chi connectivity index (χ4n) is 4.03. The van der Waals surface area contributed by atoms with Crippen molar-refractivity contribution >= 4 is 40.7 Å². The normalized spacial score (nSPS) is 17.3. The Labute approximate surface area is 207 Å². The van der Waals surface area contributed by atoms with Crippen LogP contribution in [0.25, 0.3) is 0 Å². The molecule has 1 fully saturated rings. The number of likely N-dealkylation sites (N-methyl/N-ethyl adjacent to an activating group) is 1. The van der Waals surface area contributed by atoms with Crippen LogP contribution >= 0.6 is 0 Å². The average Bonchev–Trinajstić information content (AvgIpc) is 2.86. The molecule has 11 nitrogen and oxygen atoms in total. The van der Waals surface area contributed by atoms with E-state index >= 15 is 0 Å². The second kappa shape index (κ2) is 10.3. The third kappa shape index (κ3) is 5.61. The molecule has 2 aliphatic heterocycles. The van der Waals surface area contributed by atoms with E-state index < -0.39 is 5.82 Å². The van der Waals surface area contributed by atoms with Crippen LogP contribution < -0.4 is 25.6 Å². The number of ether oxygens (including phenoxy) is 2. The molecular weight excluding hydrogens is 467 g/mol. The number of nitrogens with one attached hydrogen (secondary N) is 3. The van der Waals surface area contributed by atoms with Crippen LogP contribution in [0.2, 0.25) is 0 Å². The lowest BCUT2D eigenvalue weighted by atomic mass is 10.2. The number of hydrogen-bond acceptors (Lipinski definition) is 10. The van der Waals surface area contributed by atoms with Crippen molar-refractivity contribution in [1.82, 2.24) is 19.9 Å². The van der Waals surface area contributed by atoms with Crippen molar-refractivity contribution in [2.24, 2.45) is 0 Å². The first-order valence-corrected chi connectivity index (χ1v) is 11.5. The first kappa shape index (κ1) is 23.7. The zero-order valence-corrected chi connectivity index (χ0v) is 20.0. The fourth-order valence-corrected chi connectivity index (χ4v) is 4.03. The van der Waals surface area contributed by atoms with E-state index in [1.165, 1.54) is 0 Å². The van der Waals surface area contributed by atoms with Gasteiger partial charge in [0.15, 0.2) is 29.8 Å². The van der Waals surface area contributed by atoms with Gasteiger partial charge in [-0.25, -0.2) is 14.4 Å². The first-order valence-electron chi connectivity index (χ1n) is 11.5. The number of hydrogen-bond donors (Lipinski definition) is 3. The van der Waals surface area contributed by atoms with Crippen LogP contribution in [0.3, 0.4) is 0 Å². The molecule has 2 aromatic heterocycles. The number of nitrogens with zero attached hydrogens (tertiary/aromatic N) is 5. The van der Waals surface area contributed by atoms with Gasteiger partial charge in [-0.15, -0.1) is 0 Å².